The lowest BCUT2D eigenvalue weighted by Crippen LogP contribution is -2.36. The third-order valence-corrected chi connectivity index (χ3v) is 5.48. The van der Waals surface area contributed by atoms with Gasteiger partial charge < -0.3 is 4.90 Å². The van der Waals surface area contributed by atoms with Gasteiger partial charge in [0.15, 0.2) is 6.29 Å². The predicted molar refractivity (Wildman–Crippen MR) is 109 cm³/mol. The van der Waals surface area contributed by atoms with Crippen LogP contribution < -0.4 is 4.90 Å². The maximum absolute atomic E-state index is 11.8. The van der Waals surface area contributed by atoms with Gasteiger partial charge in [-0.15, -0.1) is 0 Å². The Morgan fingerprint density at radius 2 is 1.63 bits per heavy atom. The van der Waals surface area contributed by atoms with Crippen molar-refractivity contribution in [2.75, 3.05) is 18.0 Å². The molecule has 1 saturated heterocycles. The fraction of sp³-hybridized carbons (Fsp3) is 0.304. The SMILES string of the molecule is Cc1nn(-c2ccccc2)c(N2CCC(Cc3ccccc3)CC2)c1C=O. The lowest BCUT2D eigenvalue weighted by atomic mass is 9.90. The van der Waals surface area contributed by atoms with Crippen molar-refractivity contribution in [2.24, 2.45) is 5.92 Å². The van der Waals surface area contributed by atoms with Crippen LogP contribution >= 0.6 is 0 Å². The Morgan fingerprint density at radius 3 is 2.26 bits per heavy atom. The van der Waals surface area contributed by atoms with Gasteiger partial charge in [-0.2, -0.15) is 5.10 Å². The Labute approximate surface area is 160 Å². The summed E-state index contributed by atoms with van der Waals surface area (Å²) < 4.78 is 1.93. The minimum Gasteiger partial charge on any atom is -0.356 e. The van der Waals surface area contributed by atoms with Crippen LogP contribution in [-0.4, -0.2) is 29.2 Å². The van der Waals surface area contributed by atoms with Gasteiger partial charge in [-0.25, -0.2) is 4.68 Å². The van der Waals surface area contributed by atoms with E-state index in [0.717, 1.165) is 55.8 Å². The van der Waals surface area contributed by atoms with Crippen LogP contribution in [0.4, 0.5) is 5.82 Å². The Balaban J connectivity index is 1.55. The van der Waals surface area contributed by atoms with Gasteiger partial charge in [0.05, 0.1) is 16.9 Å². The average Bonchev–Trinajstić information content (AvgIpc) is 3.06. The van der Waals surface area contributed by atoms with Crippen molar-refractivity contribution in [3.63, 3.8) is 0 Å². The Hall–Kier alpha value is -2.88. The van der Waals surface area contributed by atoms with Gasteiger partial charge in [-0.05, 0) is 49.8 Å². The lowest BCUT2D eigenvalue weighted by molar-refractivity contribution is 0.112. The highest BCUT2D eigenvalue weighted by molar-refractivity contribution is 5.85. The minimum absolute atomic E-state index is 0.692. The molecule has 0 atom stereocenters. The number of anilines is 1. The van der Waals surface area contributed by atoms with Gasteiger partial charge in [0.25, 0.3) is 0 Å². The maximum Gasteiger partial charge on any atom is 0.155 e. The molecular formula is C23H25N3O. The number of carbonyl (C=O) groups is 1. The van der Waals surface area contributed by atoms with Crippen molar-refractivity contribution in [1.82, 2.24) is 9.78 Å². The Kier molecular flexibility index (Phi) is 5.05. The van der Waals surface area contributed by atoms with Crippen molar-refractivity contribution >= 4 is 12.1 Å². The molecule has 0 radical (unpaired) electrons. The molecule has 1 aliphatic heterocycles. The summed E-state index contributed by atoms with van der Waals surface area (Å²) in [6.45, 7) is 3.82. The summed E-state index contributed by atoms with van der Waals surface area (Å²) in [7, 11) is 0. The van der Waals surface area contributed by atoms with E-state index in [9.17, 15) is 4.79 Å². The first kappa shape index (κ1) is 17.5. The van der Waals surface area contributed by atoms with Gasteiger partial charge in [0, 0.05) is 13.1 Å². The fourth-order valence-corrected chi connectivity index (χ4v) is 4.01. The fourth-order valence-electron chi connectivity index (χ4n) is 4.01. The molecule has 0 unspecified atom stereocenters. The number of nitrogens with zero attached hydrogens (tertiary/aromatic N) is 3. The van der Waals surface area contributed by atoms with Gasteiger partial charge in [0.2, 0.25) is 0 Å². The third-order valence-electron chi connectivity index (χ3n) is 5.48. The summed E-state index contributed by atoms with van der Waals surface area (Å²) in [6.07, 6.45) is 4.35. The molecule has 138 valence electrons. The van der Waals surface area contributed by atoms with Crippen LogP contribution in [0.3, 0.4) is 0 Å². The first-order valence-corrected chi connectivity index (χ1v) is 9.65. The molecule has 1 fully saturated rings. The van der Waals surface area contributed by atoms with Gasteiger partial charge in [-0.3, -0.25) is 4.79 Å². The maximum atomic E-state index is 11.8. The van der Waals surface area contributed by atoms with Crippen LogP contribution in [0, 0.1) is 12.8 Å². The molecule has 4 rings (SSSR count). The van der Waals surface area contributed by atoms with Crippen LogP contribution in [0.25, 0.3) is 5.69 Å². The zero-order valence-electron chi connectivity index (χ0n) is 15.7. The average molecular weight is 359 g/mol. The van der Waals surface area contributed by atoms with Crippen molar-refractivity contribution in [3.8, 4) is 5.69 Å². The van der Waals surface area contributed by atoms with Gasteiger partial charge in [-0.1, -0.05) is 48.5 Å². The second-order valence-corrected chi connectivity index (χ2v) is 7.31. The molecule has 0 aliphatic carbocycles. The Morgan fingerprint density at radius 1 is 1.00 bits per heavy atom. The number of piperidine rings is 1. The smallest absolute Gasteiger partial charge is 0.155 e. The number of para-hydroxylation sites is 1. The zero-order valence-corrected chi connectivity index (χ0v) is 15.7. The molecule has 3 aromatic rings. The number of hydrogen-bond acceptors (Lipinski definition) is 3. The molecule has 27 heavy (non-hydrogen) atoms. The van der Waals surface area contributed by atoms with Crippen molar-refractivity contribution < 1.29 is 4.79 Å². The summed E-state index contributed by atoms with van der Waals surface area (Å²) in [5.74, 6) is 1.63. The zero-order chi connectivity index (χ0) is 18.6. The standard InChI is InChI=1S/C23H25N3O/c1-18-22(17-27)23(26(24-18)21-10-6-3-7-11-21)25-14-12-20(13-15-25)16-19-8-4-2-5-9-19/h2-11,17,20H,12-16H2,1H3. The highest BCUT2D eigenvalue weighted by Crippen LogP contribution is 2.31. The summed E-state index contributed by atoms with van der Waals surface area (Å²) in [5.41, 5.74) is 3.90. The molecule has 0 saturated carbocycles. The number of benzene rings is 2. The lowest BCUT2D eigenvalue weighted by Gasteiger charge is -2.34. The van der Waals surface area contributed by atoms with Crippen LogP contribution in [-0.2, 0) is 6.42 Å². The predicted octanol–water partition coefficient (Wildman–Crippen LogP) is 4.45. The topological polar surface area (TPSA) is 38.1 Å². The normalized spacial score (nSPS) is 15.1. The first-order chi connectivity index (χ1) is 13.3. The number of aromatic nitrogens is 2. The van der Waals surface area contributed by atoms with E-state index in [-0.39, 0.29) is 0 Å². The van der Waals surface area contributed by atoms with Gasteiger partial charge >= 0.3 is 0 Å². The summed E-state index contributed by atoms with van der Waals surface area (Å²) in [5, 5.41) is 4.66. The van der Waals surface area contributed by atoms with E-state index in [1.54, 1.807) is 0 Å². The van der Waals surface area contributed by atoms with Gasteiger partial charge in [0.1, 0.15) is 5.82 Å². The number of carbonyl (C=O) groups excluding carboxylic acids is 1. The molecular weight excluding hydrogens is 334 g/mol. The molecule has 1 aromatic heterocycles. The van der Waals surface area contributed by atoms with Crippen molar-refractivity contribution in [1.29, 1.82) is 0 Å². The van der Waals surface area contributed by atoms with Crippen LogP contribution in [0.15, 0.2) is 60.7 Å². The van der Waals surface area contributed by atoms with E-state index in [4.69, 9.17) is 0 Å². The van der Waals surface area contributed by atoms with E-state index >= 15 is 0 Å². The number of rotatable bonds is 5. The van der Waals surface area contributed by atoms with Crippen LogP contribution in [0.2, 0.25) is 0 Å². The number of hydrogen-bond donors (Lipinski definition) is 0. The van der Waals surface area contributed by atoms with Crippen LogP contribution in [0.5, 0.6) is 0 Å². The van der Waals surface area contributed by atoms with E-state index < -0.39 is 0 Å². The van der Waals surface area contributed by atoms with Crippen molar-refractivity contribution in [3.05, 3.63) is 77.5 Å². The first-order valence-electron chi connectivity index (χ1n) is 9.65. The quantitative estimate of drug-likeness (QED) is 0.632. The molecule has 0 N–H and O–H groups in total. The second kappa shape index (κ2) is 7.78. The molecule has 1 aliphatic rings. The number of aryl methyl sites for hydroxylation is 1. The molecule has 4 nitrogen and oxygen atoms in total. The molecule has 0 bridgehead atoms. The van der Waals surface area contributed by atoms with E-state index in [1.165, 1.54) is 5.56 Å². The highest BCUT2D eigenvalue weighted by Gasteiger charge is 2.26. The van der Waals surface area contributed by atoms with E-state index in [0.29, 0.717) is 11.5 Å². The van der Waals surface area contributed by atoms with Crippen molar-refractivity contribution in [2.45, 2.75) is 26.2 Å². The highest BCUT2D eigenvalue weighted by atomic mass is 16.1. The summed E-state index contributed by atoms with van der Waals surface area (Å²) >= 11 is 0. The molecule has 2 aromatic carbocycles. The monoisotopic (exact) mass is 359 g/mol. The van der Waals surface area contributed by atoms with E-state index in [1.807, 2.05) is 41.9 Å². The molecule has 0 amide bonds. The molecule has 2 heterocycles. The van der Waals surface area contributed by atoms with E-state index in [2.05, 4.69) is 40.3 Å². The number of aldehydes is 1. The molecule has 0 spiro atoms. The summed E-state index contributed by atoms with van der Waals surface area (Å²) in [6, 6.07) is 20.8. The summed E-state index contributed by atoms with van der Waals surface area (Å²) in [4.78, 5) is 14.1. The Bertz CT molecular complexity index is 894. The minimum atomic E-state index is 0.692. The largest absolute Gasteiger partial charge is 0.356 e. The van der Waals surface area contributed by atoms with Crippen LogP contribution in [0.1, 0.15) is 34.5 Å². The molecule has 4 heteroatoms. The third kappa shape index (κ3) is 3.65. The second-order valence-electron chi connectivity index (χ2n) is 7.31.